The standard InChI is InChI=1S/C33H28F2N4O5/c1-42-13-14-43-12-11-39-30-17-24(33(40)41)9-10-29(30)37-31(39)18-22-7-8-23(16-27(22)35)28-3-2-4-32(38-28)44-20-25-6-5-21(19-36)15-26(25)34/h2-10,15-17H,11-14,18,20H2,1H3,(H,40,41). The maximum absolute atomic E-state index is 15.5. The topological polar surface area (TPSA) is 119 Å². The number of rotatable bonds is 13. The number of nitriles is 1. The van der Waals surface area contributed by atoms with Gasteiger partial charge in [-0.15, -0.1) is 0 Å². The molecule has 5 rings (SSSR count). The molecule has 0 aliphatic heterocycles. The van der Waals surface area contributed by atoms with Crippen molar-refractivity contribution in [2.24, 2.45) is 0 Å². The Labute approximate surface area is 251 Å². The molecule has 0 bridgehead atoms. The Balaban J connectivity index is 1.35. The van der Waals surface area contributed by atoms with Crippen molar-refractivity contribution in [3.63, 3.8) is 0 Å². The molecule has 2 heterocycles. The Bertz CT molecular complexity index is 1850. The molecule has 2 aromatic heterocycles. The summed E-state index contributed by atoms with van der Waals surface area (Å²) in [6, 6.07) is 20.5. The highest BCUT2D eigenvalue weighted by Gasteiger charge is 2.16. The molecule has 3 aromatic carbocycles. The highest BCUT2D eigenvalue weighted by Crippen LogP contribution is 2.26. The first-order valence-electron chi connectivity index (χ1n) is 13.7. The number of imidazole rings is 1. The third kappa shape index (κ3) is 7.06. The molecule has 0 radical (unpaired) electrons. The van der Waals surface area contributed by atoms with E-state index in [-0.39, 0.29) is 35.6 Å². The molecule has 1 N–H and O–H groups in total. The van der Waals surface area contributed by atoms with Crippen molar-refractivity contribution in [1.29, 1.82) is 5.26 Å². The van der Waals surface area contributed by atoms with Gasteiger partial charge in [0.15, 0.2) is 0 Å². The number of hydrogen-bond donors (Lipinski definition) is 1. The number of nitrogens with zero attached hydrogens (tertiary/aromatic N) is 4. The van der Waals surface area contributed by atoms with E-state index in [4.69, 9.17) is 19.5 Å². The first kappa shape index (κ1) is 30.3. The number of fused-ring (bicyclic) bond motifs is 1. The number of aromatic nitrogens is 3. The Morgan fingerprint density at radius 3 is 2.52 bits per heavy atom. The molecule has 0 saturated heterocycles. The summed E-state index contributed by atoms with van der Waals surface area (Å²) in [6.07, 6.45) is 0.161. The maximum atomic E-state index is 15.5. The average molecular weight is 599 g/mol. The van der Waals surface area contributed by atoms with Crippen molar-refractivity contribution in [2.75, 3.05) is 26.9 Å². The van der Waals surface area contributed by atoms with E-state index < -0.39 is 17.6 Å². The summed E-state index contributed by atoms with van der Waals surface area (Å²) in [7, 11) is 1.58. The van der Waals surface area contributed by atoms with Crippen LogP contribution >= 0.6 is 0 Å². The lowest BCUT2D eigenvalue weighted by molar-refractivity contribution is 0.0667. The summed E-state index contributed by atoms with van der Waals surface area (Å²) < 4.78 is 47.9. The highest BCUT2D eigenvalue weighted by molar-refractivity contribution is 5.92. The van der Waals surface area contributed by atoms with Crippen molar-refractivity contribution in [3.8, 4) is 23.2 Å². The van der Waals surface area contributed by atoms with Crippen LogP contribution in [-0.4, -0.2) is 52.5 Å². The highest BCUT2D eigenvalue weighted by atomic mass is 19.1. The van der Waals surface area contributed by atoms with Crippen molar-refractivity contribution in [3.05, 3.63) is 113 Å². The molecule has 44 heavy (non-hydrogen) atoms. The molecule has 9 nitrogen and oxygen atoms in total. The van der Waals surface area contributed by atoms with E-state index in [1.807, 2.05) is 10.6 Å². The number of pyridine rings is 1. The fourth-order valence-electron chi connectivity index (χ4n) is 4.65. The van der Waals surface area contributed by atoms with Crippen LogP contribution in [0.5, 0.6) is 5.88 Å². The fourth-order valence-corrected chi connectivity index (χ4v) is 4.65. The van der Waals surface area contributed by atoms with Crippen molar-refractivity contribution < 1.29 is 32.9 Å². The quantitative estimate of drug-likeness (QED) is 0.170. The van der Waals surface area contributed by atoms with Gasteiger partial charge in [-0.2, -0.15) is 5.26 Å². The Morgan fingerprint density at radius 1 is 0.955 bits per heavy atom. The van der Waals surface area contributed by atoms with Gasteiger partial charge in [-0.25, -0.2) is 23.5 Å². The van der Waals surface area contributed by atoms with E-state index in [0.717, 1.165) is 6.07 Å². The monoisotopic (exact) mass is 598 g/mol. The van der Waals surface area contributed by atoms with Crippen LogP contribution in [0, 0.1) is 23.0 Å². The zero-order valence-electron chi connectivity index (χ0n) is 23.8. The summed E-state index contributed by atoms with van der Waals surface area (Å²) in [5.41, 5.74) is 3.22. The van der Waals surface area contributed by atoms with Crippen LogP contribution in [0.4, 0.5) is 8.78 Å². The summed E-state index contributed by atoms with van der Waals surface area (Å²) in [5.74, 6) is -1.27. The normalized spacial score (nSPS) is 11.0. The van der Waals surface area contributed by atoms with Crippen LogP contribution in [-0.2, 0) is 29.0 Å². The molecule has 0 fully saturated rings. The number of benzene rings is 3. The zero-order valence-corrected chi connectivity index (χ0v) is 23.8. The first-order valence-corrected chi connectivity index (χ1v) is 13.7. The average Bonchev–Trinajstić information content (AvgIpc) is 3.37. The van der Waals surface area contributed by atoms with Crippen LogP contribution < -0.4 is 4.74 Å². The van der Waals surface area contributed by atoms with E-state index in [9.17, 15) is 14.3 Å². The van der Waals surface area contributed by atoms with Crippen LogP contribution in [0.1, 0.15) is 32.9 Å². The van der Waals surface area contributed by atoms with Gasteiger partial charge in [-0.05, 0) is 48.0 Å². The summed E-state index contributed by atoms with van der Waals surface area (Å²) in [5, 5.41) is 18.4. The van der Waals surface area contributed by atoms with Gasteiger partial charge in [0.1, 0.15) is 24.1 Å². The number of carboxylic acid groups (broad SMARTS) is 1. The predicted octanol–water partition coefficient (Wildman–Crippen LogP) is 5.78. The Morgan fingerprint density at radius 2 is 1.77 bits per heavy atom. The number of hydrogen-bond acceptors (Lipinski definition) is 7. The first-order chi connectivity index (χ1) is 21.4. The van der Waals surface area contributed by atoms with Gasteiger partial charge in [0.2, 0.25) is 5.88 Å². The number of ether oxygens (including phenoxy) is 3. The number of halogens is 2. The molecule has 0 spiro atoms. The van der Waals surface area contributed by atoms with E-state index in [2.05, 4.69) is 9.97 Å². The molecular weight excluding hydrogens is 570 g/mol. The van der Waals surface area contributed by atoms with Gasteiger partial charge < -0.3 is 23.9 Å². The van der Waals surface area contributed by atoms with Gasteiger partial charge in [-0.3, -0.25) is 0 Å². The lowest BCUT2D eigenvalue weighted by atomic mass is 10.1. The van der Waals surface area contributed by atoms with Crippen LogP contribution in [0.15, 0.2) is 72.8 Å². The number of carboxylic acids is 1. The lowest BCUT2D eigenvalue weighted by Crippen LogP contribution is -2.12. The minimum atomic E-state index is -1.05. The van der Waals surface area contributed by atoms with E-state index in [1.165, 1.54) is 24.3 Å². The van der Waals surface area contributed by atoms with E-state index in [0.29, 0.717) is 60.0 Å². The van der Waals surface area contributed by atoms with Gasteiger partial charge in [0.05, 0.1) is 53.7 Å². The van der Waals surface area contributed by atoms with Gasteiger partial charge in [-0.1, -0.05) is 24.3 Å². The molecule has 0 saturated carbocycles. The predicted molar refractivity (Wildman–Crippen MR) is 157 cm³/mol. The fraction of sp³-hybridized carbons (Fsp3) is 0.212. The molecule has 0 atom stereocenters. The number of aromatic carboxylic acids is 1. The van der Waals surface area contributed by atoms with Crippen LogP contribution in [0.3, 0.4) is 0 Å². The maximum Gasteiger partial charge on any atom is 0.335 e. The third-order valence-electron chi connectivity index (χ3n) is 6.94. The van der Waals surface area contributed by atoms with E-state index in [1.54, 1.807) is 49.6 Å². The molecule has 224 valence electrons. The van der Waals surface area contributed by atoms with Crippen LogP contribution in [0.2, 0.25) is 0 Å². The minimum Gasteiger partial charge on any atom is -0.478 e. The van der Waals surface area contributed by atoms with Crippen molar-refractivity contribution in [2.45, 2.75) is 19.6 Å². The number of methoxy groups -OCH3 is 1. The lowest BCUT2D eigenvalue weighted by Gasteiger charge is -2.12. The minimum absolute atomic E-state index is 0.0896. The second kappa shape index (κ2) is 13.9. The molecular formula is C33H28F2N4O5. The summed E-state index contributed by atoms with van der Waals surface area (Å²) in [6.45, 7) is 1.48. The Hall–Kier alpha value is -5.18. The van der Waals surface area contributed by atoms with Crippen molar-refractivity contribution >= 4 is 17.0 Å². The molecule has 0 unspecified atom stereocenters. The summed E-state index contributed by atoms with van der Waals surface area (Å²) in [4.78, 5) is 20.7. The molecule has 5 aromatic rings. The van der Waals surface area contributed by atoms with Gasteiger partial charge in [0, 0.05) is 37.3 Å². The number of carbonyl (C=O) groups is 1. The Kier molecular flexibility index (Phi) is 9.54. The largest absolute Gasteiger partial charge is 0.478 e. The van der Waals surface area contributed by atoms with E-state index >= 15 is 4.39 Å². The molecule has 0 amide bonds. The SMILES string of the molecule is COCCOCCn1c(Cc2ccc(-c3cccc(OCc4ccc(C#N)cc4F)n3)cc2F)nc2ccc(C(=O)O)cc21. The molecule has 11 heteroatoms. The second-order valence-corrected chi connectivity index (χ2v) is 9.84. The molecule has 0 aliphatic rings. The van der Waals surface area contributed by atoms with Gasteiger partial charge >= 0.3 is 5.97 Å². The molecule has 0 aliphatic carbocycles. The smallest absolute Gasteiger partial charge is 0.335 e. The second-order valence-electron chi connectivity index (χ2n) is 9.84. The third-order valence-corrected chi connectivity index (χ3v) is 6.94. The zero-order chi connectivity index (χ0) is 31.1. The van der Waals surface area contributed by atoms with Gasteiger partial charge in [0.25, 0.3) is 0 Å². The van der Waals surface area contributed by atoms with Crippen LogP contribution in [0.25, 0.3) is 22.3 Å². The summed E-state index contributed by atoms with van der Waals surface area (Å²) >= 11 is 0. The van der Waals surface area contributed by atoms with Crippen molar-refractivity contribution in [1.82, 2.24) is 14.5 Å².